The van der Waals surface area contributed by atoms with Gasteiger partial charge in [-0.3, -0.25) is 4.90 Å². The summed E-state index contributed by atoms with van der Waals surface area (Å²) in [5.41, 5.74) is 0.521. The molecule has 0 aliphatic carbocycles. The second kappa shape index (κ2) is 6.21. The molecule has 0 radical (unpaired) electrons. The highest BCUT2D eigenvalue weighted by molar-refractivity contribution is 5.90. The van der Waals surface area contributed by atoms with Crippen LogP contribution in [0.15, 0.2) is 16.7 Å². The van der Waals surface area contributed by atoms with E-state index in [2.05, 4.69) is 11.8 Å². The van der Waals surface area contributed by atoms with Gasteiger partial charge in [-0.2, -0.15) is 0 Å². The second-order valence-electron chi connectivity index (χ2n) is 4.90. The Hall–Kier alpha value is -1.33. The first-order valence-corrected chi connectivity index (χ1v) is 6.71. The molecule has 1 aromatic heterocycles. The summed E-state index contributed by atoms with van der Waals surface area (Å²) in [6, 6.07) is 1.98. The molecule has 0 unspecified atom stereocenters. The van der Waals surface area contributed by atoms with Crippen LogP contribution in [0.4, 0.5) is 0 Å². The molecule has 2 rings (SSSR count). The minimum Gasteiger partial charge on any atom is -0.467 e. The average Bonchev–Trinajstić information content (AvgIpc) is 2.82. The van der Waals surface area contributed by atoms with Crippen LogP contribution in [-0.4, -0.2) is 42.8 Å². The summed E-state index contributed by atoms with van der Waals surface area (Å²) in [6.45, 7) is 8.47. The van der Waals surface area contributed by atoms with Crippen LogP contribution in [0.3, 0.4) is 0 Å². The van der Waals surface area contributed by atoms with E-state index in [1.54, 1.807) is 13.0 Å². The normalized spacial score (nSPS) is 24.4. The predicted molar refractivity (Wildman–Crippen MR) is 70.0 cm³/mol. The van der Waals surface area contributed by atoms with Gasteiger partial charge in [-0.15, -0.1) is 0 Å². The quantitative estimate of drug-likeness (QED) is 0.782. The van der Waals surface area contributed by atoms with E-state index < -0.39 is 0 Å². The Bertz CT molecular complexity index is 429. The maximum Gasteiger partial charge on any atom is 0.341 e. The fraction of sp³-hybridized carbons (Fsp3) is 0.643. The first-order chi connectivity index (χ1) is 9.11. The number of carbonyl (C=O) groups excluding carboxylic acids is 1. The summed E-state index contributed by atoms with van der Waals surface area (Å²) in [5, 5.41) is 0. The molecule has 5 nitrogen and oxygen atoms in total. The molecule has 1 aliphatic heterocycles. The summed E-state index contributed by atoms with van der Waals surface area (Å²) in [7, 11) is 0. The van der Waals surface area contributed by atoms with Crippen LogP contribution < -0.4 is 0 Å². The lowest BCUT2D eigenvalue weighted by molar-refractivity contribution is -0.0546. The van der Waals surface area contributed by atoms with Gasteiger partial charge in [0.05, 0.1) is 32.1 Å². The van der Waals surface area contributed by atoms with Gasteiger partial charge in [-0.25, -0.2) is 4.79 Å². The maximum absolute atomic E-state index is 11.8. The van der Waals surface area contributed by atoms with Crippen molar-refractivity contribution in [2.45, 2.75) is 39.5 Å². The van der Waals surface area contributed by atoms with E-state index in [4.69, 9.17) is 13.9 Å². The molecule has 1 aromatic rings. The molecule has 0 N–H and O–H groups in total. The fourth-order valence-corrected chi connectivity index (χ4v) is 2.23. The molecule has 2 atom stereocenters. The van der Waals surface area contributed by atoms with Crippen molar-refractivity contribution in [1.82, 2.24) is 4.90 Å². The van der Waals surface area contributed by atoms with Crippen LogP contribution in [0.2, 0.25) is 0 Å². The van der Waals surface area contributed by atoms with Crippen LogP contribution in [0.25, 0.3) is 0 Å². The standard InChI is InChI=1S/C14H21NO4/c1-4-17-14(16)12-5-6-18-13(12)8-15-7-11(3)19-9-10(15)2/h5-6,10-11H,4,7-9H2,1-3H3/t10-,11+/m1/s1. The number of furan rings is 1. The molecular formula is C14H21NO4. The first-order valence-electron chi connectivity index (χ1n) is 6.71. The topological polar surface area (TPSA) is 51.9 Å². The van der Waals surface area contributed by atoms with Crippen LogP contribution in [0, 0.1) is 0 Å². The molecule has 1 fully saturated rings. The minimum atomic E-state index is -0.319. The molecule has 5 heteroatoms. The van der Waals surface area contributed by atoms with Crippen molar-refractivity contribution in [3.8, 4) is 0 Å². The number of rotatable bonds is 4. The average molecular weight is 267 g/mol. The Kier molecular flexibility index (Phi) is 4.61. The highest BCUT2D eigenvalue weighted by Crippen LogP contribution is 2.19. The second-order valence-corrected chi connectivity index (χ2v) is 4.90. The van der Waals surface area contributed by atoms with E-state index >= 15 is 0 Å². The molecular weight excluding hydrogens is 246 g/mol. The highest BCUT2D eigenvalue weighted by atomic mass is 16.5. The van der Waals surface area contributed by atoms with E-state index in [1.165, 1.54) is 6.26 Å². The third-order valence-corrected chi connectivity index (χ3v) is 3.32. The smallest absolute Gasteiger partial charge is 0.341 e. The molecule has 0 bridgehead atoms. The summed E-state index contributed by atoms with van der Waals surface area (Å²) < 4.78 is 16.0. The van der Waals surface area contributed by atoms with Gasteiger partial charge in [0.1, 0.15) is 11.3 Å². The van der Waals surface area contributed by atoms with Crippen molar-refractivity contribution in [3.05, 3.63) is 23.7 Å². The zero-order chi connectivity index (χ0) is 13.8. The maximum atomic E-state index is 11.8. The number of hydrogen-bond donors (Lipinski definition) is 0. The minimum absolute atomic E-state index is 0.206. The van der Waals surface area contributed by atoms with Gasteiger partial charge >= 0.3 is 5.97 Å². The Balaban J connectivity index is 2.06. The van der Waals surface area contributed by atoms with Gasteiger partial charge in [0, 0.05) is 12.6 Å². The lowest BCUT2D eigenvalue weighted by atomic mass is 10.1. The Morgan fingerprint density at radius 1 is 1.53 bits per heavy atom. The van der Waals surface area contributed by atoms with Gasteiger partial charge in [0.15, 0.2) is 0 Å². The zero-order valence-corrected chi connectivity index (χ0v) is 11.7. The number of hydrogen-bond acceptors (Lipinski definition) is 5. The third-order valence-electron chi connectivity index (χ3n) is 3.32. The third kappa shape index (κ3) is 3.36. The summed E-state index contributed by atoms with van der Waals surface area (Å²) in [5.74, 6) is 0.347. The Morgan fingerprint density at radius 3 is 3.05 bits per heavy atom. The lowest BCUT2D eigenvalue weighted by Crippen LogP contribution is -2.46. The van der Waals surface area contributed by atoms with Crippen molar-refractivity contribution >= 4 is 5.97 Å². The first kappa shape index (κ1) is 14.1. The molecule has 106 valence electrons. The van der Waals surface area contributed by atoms with E-state index in [0.29, 0.717) is 37.1 Å². The highest BCUT2D eigenvalue weighted by Gasteiger charge is 2.26. The number of carbonyl (C=O) groups is 1. The van der Waals surface area contributed by atoms with Gasteiger partial charge in [-0.05, 0) is 26.8 Å². The van der Waals surface area contributed by atoms with Crippen molar-refractivity contribution in [1.29, 1.82) is 0 Å². The fourth-order valence-electron chi connectivity index (χ4n) is 2.23. The number of nitrogens with zero attached hydrogens (tertiary/aromatic N) is 1. The largest absolute Gasteiger partial charge is 0.467 e. The summed E-state index contributed by atoms with van der Waals surface area (Å²) in [4.78, 5) is 14.0. The van der Waals surface area contributed by atoms with Crippen molar-refractivity contribution in [3.63, 3.8) is 0 Å². The molecule has 1 saturated heterocycles. The van der Waals surface area contributed by atoms with Gasteiger partial charge in [0.25, 0.3) is 0 Å². The van der Waals surface area contributed by atoms with Crippen molar-refractivity contribution in [2.75, 3.05) is 19.8 Å². The summed E-state index contributed by atoms with van der Waals surface area (Å²) >= 11 is 0. The predicted octanol–water partition coefficient (Wildman–Crippen LogP) is 2.07. The summed E-state index contributed by atoms with van der Waals surface area (Å²) in [6.07, 6.45) is 1.74. The molecule has 0 saturated carbocycles. The lowest BCUT2D eigenvalue weighted by Gasteiger charge is -2.36. The van der Waals surface area contributed by atoms with E-state index in [0.717, 1.165) is 6.54 Å². The number of ether oxygens (including phenoxy) is 2. The molecule has 1 aliphatic rings. The molecule has 0 aromatic carbocycles. The van der Waals surface area contributed by atoms with E-state index in [9.17, 15) is 4.79 Å². The monoisotopic (exact) mass is 267 g/mol. The number of morpholine rings is 1. The van der Waals surface area contributed by atoms with Crippen LogP contribution in [0.1, 0.15) is 36.9 Å². The molecule has 0 spiro atoms. The van der Waals surface area contributed by atoms with Crippen molar-refractivity contribution in [2.24, 2.45) is 0 Å². The molecule has 0 amide bonds. The van der Waals surface area contributed by atoms with E-state index in [-0.39, 0.29) is 12.1 Å². The SMILES string of the molecule is CCOC(=O)c1ccoc1CN1C[C@H](C)OC[C@H]1C. The van der Waals surface area contributed by atoms with E-state index in [1.807, 2.05) is 6.92 Å². The van der Waals surface area contributed by atoms with Gasteiger partial charge in [-0.1, -0.05) is 0 Å². The van der Waals surface area contributed by atoms with Gasteiger partial charge < -0.3 is 13.9 Å². The van der Waals surface area contributed by atoms with Crippen LogP contribution in [-0.2, 0) is 16.0 Å². The zero-order valence-electron chi connectivity index (χ0n) is 11.7. The molecule has 2 heterocycles. The van der Waals surface area contributed by atoms with Crippen molar-refractivity contribution < 1.29 is 18.7 Å². The Morgan fingerprint density at radius 2 is 2.32 bits per heavy atom. The van der Waals surface area contributed by atoms with Gasteiger partial charge in [0.2, 0.25) is 0 Å². The van der Waals surface area contributed by atoms with Crippen LogP contribution >= 0.6 is 0 Å². The number of esters is 1. The molecule has 19 heavy (non-hydrogen) atoms. The van der Waals surface area contributed by atoms with Crippen LogP contribution in [0.5, 0.6) is 0 Å². The Labute approximate surface area is 113 Å².